The highest BCUT2D eigenvalue weighted by Crippen LogP contribution is 2.40. The van der Waals surface area contributed by atoms with Gasteiger partial charge >= 0.3 is 0 Å². The lowest BCUT2D eigenvalue weighted by Crippen LogP contribution is -2.56. The fourth-order valence-electron chi connectivity index (χ4n) is 7.45. The van der Waals surface area contributed by atoms with Gasteiger partial charge in [-0.15, -0.1) is 0 Å². The van der Waals surface area contributed by atoms with Crippen LogP contribution in [0.5, 0.6) is 17.2 Å². The topological polar surface area (TPSA) is 266 Å². The Morgan fingerprint density at radius 1 is 0.828 bits per heavy atom. The first-order valence-electron chi connectivity index (χ1n) is 22.0. The van der Waals surface area contributed by atoms with Crippen molar-refractivity contribution in [3.63, 3.8) is 0 Å². The number of unbranched alkanes of at least 4 members (excludes halogenated alkanes) is 4. The fourth-order valence-corrected chi connectivity index (χ4v) is 7.45. The molecule has 64 heavy (non-hydrogen) atoms. The van der Waals surface area contributed by atoms with Crippen LogP contribution in [0, 0.1) is 25.2 Å². The number of rotatable bonds is 21. The number of carbonyl (C=O) groups is 5. The standard InChI is InChI=1S/C47H65N9O8/c1-6-7-8-9-10-23-62-39-16-13-34(29(2)30(39)3)44(58)54-37(17-18-48)47(61)56(5)42-33-12-15-41(64-25-21-51)36(28-33)35-26-32(11-14-40(35)63-24-20-50)27-38(45(59)52-22-19-49)55-43(57)31(4)53-46(42)60/h11-16,26,28,31,37-38,42H,6-10,17-18,20-25,27,48,50-51H2,1-5H3,(H,52,59)(H,53,60)(H,54,58)(H,55,57)/t31-,37-,38-,42-/m0/s1. The van der Waals surface area contributed by atoms with Gasteiger partial charge in [-0.05, 0) is 98.8 Å². The molecule has 3 aromatic rings. The maximum Gasteiger partial charge on any atom is 0.252 e. The zero-order valence-corrected chi connectivity index (χ0v) is 37.7. The van der Waals surface area contributed by atoms with Gasteiger partial charge < -0.3 is 57.6 Å². The van der Waals surface area contributed by atoms with E-state index in [0.717, 1.165) is 31.2 Å². The molecule has 1 aliphatic rings. The van der Waals surface area contributed by atoms with Crippen LogP contribution in [-0.2, 0) is 25.6 Å². The van der Waals surface area contributed by atoms with Gasteiger partial charge in [-0.2, -0.15) is 5.26 Å². The molecule has 0 aliphatic carbocycles. The van der Waals surface area contributed by atoms with Crippen molar-refractivity contribution in [2.24, 2.45) is 17.2 Å². The zero-order chi connectivity index (χ0) is 46.8. The molecule has 5 amide bonds. The van der Waals surface area contributed by atoms with Crippen LogP contribution in [0.25, 0.3) is 11.1 Å². The van der Waals surface area contributed by atoms with Gasteiger partial charge in [0.15, 0.2) is 0 Å². The number of carbonyl (C=O) groups excluding carboxylic acids is 5. The SMILES string of the molecule is CCCCCCCOc1ccc(C(=O)N[C@@H](CCN)C(=O)N(C)[C@@H]2C(=O)N[C@@H](C)C(=O)N[C@H](C(=O)NCC#N)Cc3ccc(OCCN)c(c3)-c3cc2ccc3OCCN)c(C)c1C. The summed E-state index contributed by atoms with van der Waals surface area (Å²) in [5.41, 5.74) is 21.5. The molecule has 4 bridgehead atoms. The van der Waals surface area contributed by atoms with Crippen LogP contribution < -0.4 is 52.7 Å². The summed E-state index contributed by atoms with van der Waals surface area (Å²) in [5.74, 6) is -1.69. The molecule has 3 aromatic carbocycles. The third-order valence-corrected chi connectivity index (χ3v) is 11.1. The Balaban J connectivity index is 1.78. The fraction of sp³-hybridized carbons (Fsp3) is 0.489. The van der Waals surface area contributed by atoms with E-state index in [2.05, 4.69) is 28.2 Å². The van der Waals surface area contributed by atoms with E-state index in [4.69, 9.17) is 36.7 Å². The molecular formula is C47H65N9O8. The van der Waals surface area contributed by atoms with E-state index >= 15 is 0 Å². The summed E-state index contributed by atoms with van der Waals surface area (Å²) >= 11 is 0. The number of fused-ring (bicyclic) bond motifs is 5. The van der Waals surface area contributed by atoms with Gasteiger partial charge in [0.2, 0.25) is 23.6 Å². The average molecular weight is 884 g/mol. The van der Waals surface area contributed by atoms with E-state index in [9.17, 15) is 24.0 Å². The van der Waals surface area contributed by atoms with Gasteiger partial charge in [0.1, 0.15) is 61.2 Å². The molecule has 17 nitrogen and oxygen atoms in total. The smallest absolute Gasteiger partial charge is 0.252 e. The van der Waals surface area contributed by atoms with Crippen molar-refractivity contribution in [1.29, 1.82) is 5.26 Å². The second kappa shape index (κ2) is 25.2. The van der Waals surface area contributed by atoms with Crippen LogP contribution in [0.15, 0.2) is 48.5 Å². The van der Waals surface area contributed by atoms with E-state index in [1.54, 1.807) is 48.5 Å². The van der Waals surface area contributed by atoms with Gasteiger partial charge in [0, 0.05) is 43.2 Å². The molecule has 0 saturated heterocycles. The predicted octanol–water partition coefficient (Wildman–Crippen LogP) is 2.83. The Labute approximate surface area is 376 Å². The van der Waals surface area contributed by atoms with Gasteiger partial charge in [0.25, 0.3) is 5.91 Å². The van der Waals surface area contributed by atoms with E-state index in [-0.39, 0.29) is 52.2 Å². The van der Waals surface area contributed by atoms with Gasteiger partial charge in [-0.1, -0.05) is 44.7 Å². The molecule has 0 radical (unpaired) electrons. The average Bonchev–Trinajstić information content (AvgIpc) is 3.28. The summed E-state index contributed by atoms with van der Waals surface area (Å²) in [4.78, 5) is 71.4. The predicted molar refractivity (Wildman–Crippen MR) is 243 cm³/mol. The van der Waals surface area contributed by atoms with Crippen molar-refractivity contribution < 1.29 is 38.2 Å². The number of benzene rings is 3. The Kier molecular flexibility index (Phi) is 19.8. The normalized spacial score (nSPS) is 16.5. The molecule has 1 aliphatic heterocycles. The summed E-state index contributed by atoms with van der Waals surface area (Å²) in [5, 5.41) is 20.0. The number of hydrogen-bond acceptors (Lipinski definition) is 12. The van der Waals surface area contributed by atoms with Crippen LogP contribution >= 0.6 is 0 Å². The van der Waals surface area contributed by atoms with Crippen molar-refractivity contribution >= 4 is 29.5 Å². The molecule has 1 heterocycles. The second-order valence-electron chi connectivity index (χ2n) is 15.8. The lowest BCUT2D eigenvalue weighted by Gasteiger charge is -2.32. The summed E-state index contributed by atoms with van der Waals surface area (Å²) in [6.07, 6.45) is 5.56. The number of nitrogens with two attached hydrogens (primary N) is 3. The maximum atomic E-state index is 14.6. The van der Waals surface area contributed by atoms with Crippen molar-refractivity contribution in [2.75, 3.05) is 53.0 Å². The monoisotopic (exact) mass is 883 g/mol. The third kappa shape index (κ3) is 13.4. The lowest BCUT2D eigenvalue weighted by atomic mass is 9.93. The first-order valence-corrected chi connectivity index (χ1v) is 22.0. The first kappa shape index (κ1) is 50.4. The summed E-state index contributed by atoms with van der Waals surface area (Å²) < 4.78 is 18.2. The van der Waals surface area contributed by atoms with Crippen LogP contribution in [0.4, 0.5) is 0 Å². The summed E-state index contributed by atoms with van der Waals surface area (Å²) in [6.45, 7) is 8.33. The van der Waals surface area contributed by atoms with E-state index in [1.807, 2.05) is 19.9 Å². The number of amides is 5. The van der Waals surface area contributed by atoms with Crippen molar-refractivity contribution in [3.8, 4) is 34.4 Å². The summed E-state index contributed by atoms with van der Waals surface area (Å²) in [6, 6.07) is 10.6. The Morgan fingerprint density at radius 3 is 2.12 bits per heavy atom. The van der Waals surface area contributed by atoms with Gasteiger partial charge in [-0.25, -0.2) is 0 Å². The Morgan fingerprint density at radius 2 is 1.47 bits per heavy atom. The highest BCUT2D eigenvalue weighted by atomic mass is 16.5. The maximum absolute atomic E-state index is 14.6. The highest BCUT2D eigenvalue weighted by molar-refractivity contribution is 6.00. The molecular weight excluding hydrogens is 819 g/mol. The minimum atomic E-state index is -1.38. The Bertz CT molecular complexity index is 2140. The van der Waals surface area contributed by atoms with Crippen molar-refractivity contribution in [2.45, 2.75) is 96.8 Å². The number of nitriles is 1. The molecule has 0 unspecified atom stereocenters. The third-order valence-electron chi connectivity index (χ3n) is 11.1. The summed E-state index contributed by atoms with van der Waals surface area (Å²) in [7, 11) is 1.43. The van der Waals surface area contributed by atoms with Crippen LogP contribution in [-0.4, -0.2) is 106 Å². The molecule has 10 N–H and O–H groups in total. The zero-order valence-electron chi connectivity index (χ0n) is 37.7. The molecule has 17 heteroatoms. The van der Waals surface area contributed by atoms with Crippen LogP contribution in [0.1, 0.15) is 91.0 Å². The molecule has 346 valence electrons. The molecule has 0 fully saturated rings. The molecule has 4 rings (SSSR count). The van der Waals surface area contributed by atoms with Crippen LogP contribution in [0.2, 0.25) is 0 Å². The van der Waals surface area contributed by atoms with E-state index in [0.29, 0.717) is 57.2 Å². The van der Waals surface area contributed by atoms with Gasteiger partial charge in [-0.3, -0.25) is 24.0 Å². The van der Waals surface area contributed by atoms with E-state index in [1.165, 1.54) is 25.3 Å². The molecule has 0 aromatic heterocycles. The quantitative estimate of drug-likeness (QED) is 0.0602. The number of nitrogens with zero attached hydrogens (tertiary/aromatic N) is 2. The molecule has 0 saturated carbocycles. The number of ether oxygens (including phenoxy) is 3. The van der Waals surface area contributed by atoms with Gasteiger partial charge in [0.05, 0.1) is 12.7 Å². The van der Waals surface area contributed by atoms with Crippen molar-refractivity contribution in [3.05, 3.63) is 76.3 Å². The first-order chi connectivity index (χ1) is 30.8. The van der Waals surface area contributed by atoms with E-state index < -0.39 is 53.7 Å². The van der Waals surface area contributed by atoms with Crippen molar-refractivity contribution in [1.82, 2.24) is 26.2 Å². The second-order valence-corrected chi connectivity index (χ2v) is 15.8. The number of nitrogens with one attached hydrogen (secondary N) is 4. The van der Waals surface area contributed by atoms with Crippen LogP contribution in [0.3, 0.4) is 0 Å². The molecule has 4 atom stereocenters. The Hall–Kier alpha value is -6.22. The number of likely N-dealkylation sites (N-methyl/N-ethyl adjacent to an activating group) is 1. The number of hydrogen-bond donors (Lipinski definition) is 7. The minimum Gasteiger partial charge on any atom is -0.493 e. The molecule has 0 spiro atoms. The largest absolute Gasteiger partial charge is 0.493 e. The highest BCUT2D eigenvalue weighted by Gasteiger charge is 2.36. The lowest BCUT2D eigenvalue weighted by molar-refractivity contribution is -0.141. The minimum absolute atomic E-state index is 0.0108.